The van der Waals surface area contributed by atoms with E-state index in [4.69, 9.17) is 23.5 Å². The van der Waals surface area contributed by atoms with Gasteiger partial charge in [-0.3, -0.25) is 9.36 Å². The number of rotatable bonds is 14. The monoisotopic (exact) mass is 695 g/mol. The number of carbonyl (C=O) groups is 1. The zero-order valence-electron chi connectivity index (χ0n) is 27.6. The first kappa shape index (κ1) is 34.8. The van der Waals surface area contributed by atoms with Crippen molar-refractivity contribution in [1.82, 2.24) is 9.97 Å². The number of amides is 1. The maximum absolute atomic E-state index is 12.7. The van der Waals surface area contributed by atoms with Crippen molar-refractivity contribution >= 4 is 20.0 Å². The van der Waals surface area contributed by atoms with Gasteiger partial charge in [-0.05, 0) is 59.5 Å². The van der Waals surface area contributed by atoms with Crippen LogP contribution in [0.3, 0.4) is 0 Å². The topological polar surface area (TPSA) is 138 Å². The largest absolute Gasteiger partial charge is 0.497 e. The Hall–Kier alpha value is -5.06. The van der Waals surface area contributed by atoms with Crippen LogP contribution in [-0.4, -0.2) is 53.8 Å². The van der Waals surface area contributed by atoms with Gasteiger partial charge >= 0.3 is 8.25 Å². The van der Waals surface area contributed by atoms with Crippen molar-refractivity contribution < 1.29 is 37.7 Å². The third-order valence-electron chi connectivity index (χ3n) is 8.73. The molecule has 0 aliphatic heterocycles. The van der Waals surface area contributed by atoms with Crippen molar-refractivity contribution in [3.63, 3.8) is 0 Å². The summed E-state index contributed by atoms with van der Waals surface area (Å²) < 4.78 is 41.8. The number of anilines is 1. The van der Waals surface area contributed by atoms with E-state index in [1.807, 2.05) is 84.9 Å². The van der Waals surface area contributed by atoms with Gasteiger partial charge in [0.15, 0.2) is 0 Å². The summed E-state index contributed by atoms with van der Waals surface area (Å²) in [4.78, 5) is 30.9. The number of benzene rings is 4. The molecule has 1 aromatic heterocycles. The molecule has 1 heterocycles. The first-order chi connectivity index (χ1) is 24.4. The van der Waals surface area contributed by atoms with Gasteiger partial charge in [0.2, 0.25) is 5.88 Å². The number of aromatic nitrogens is 2. The second-order valence-corrected chi connectivity index (χ2v) is 12.5. The van der Waals surface area contributed by atoms with Crippen molar-refractivity contribution in [2.75, 3.05) is 26.1 Å². The van der Waals surface area contributed by atoms with Gasteiger partial charge in [-0.1, -0.05) is 72.8 Å². The summed E-state index contributed by atoms with van der Waals surface area (Å²) in [6.45, 7) is 0.161. The average Bonchev–Trinajstić information content (AvgIpc) is 3.52. The number of hydrogen-bond acceptors (Lipinski definition) is 9. The molecule has 50 heavy (non-hydrogen) atoms. The van der Waals surface area contributed by atoms with Crippen LogP contribution in [0.25, 0.3) is 0 Å². The molecule has 1 fully saturated rings. The summed E-state index contributed by atoms with van der Waals surface area (Å²) in [5.74, 6) is 1.30. The number of carbonyl (C=O) groups excluding carboxylic acids is 1. The molecular weight excluding hydrogens is 657 g/mol. The number of ether oxygens (including phenoxy) is 4. The van der Waals surface area contributed by atoms with Gasteiger partial charge in [-0.15, -0.1) is 0 Å². The predicted octanol–water partition coefficient (Wildman–Crippen LogP) is 6.68. The molecule has 0 radical (unpaired) electrons. The van der Waals surface area contributed by atoms with Crippen molar-refractivity contribution in [1.29, 1.82) is 0 Å². The molecule has 1 aliphatic rings. The zero-order chi connectivity index (χ0) is 34.9. The lowest BCUT2D eigenvalue weighted by atomic mass is 9.80. The molecule has 11 nitrogen and oxygen atoms in total. The summed E-state index contributed by atoms with van der Waals surface area (Å²) in [6, 6.07) is 35.7. The van der Waals surface area contributed by atoms with E-state index in [1.54, 1.807) is 44.6 Å². The second-order valence-electron chi connectivity index (χ2n) is 11.8. The van der Waals surface area contributed by atoms with Gasteiger partial charge in [0.1, 0.15) is 35.3 Å². The predicted molar refractivity (Wildman–Crippen MR) is 188 cm³/mol. The smallest absolute Gasteiger partial charge is 0.316 e. The lowest BCUT2D eigenvalue weighted by Crippen LogP contribution is -2.36. The van der Waals surface area contributed by atoms with E-state index in [9.17, 15) is 14.3 Å². The molecule has 4 atom stereocenters. The summed E-state index contributed by atoms with van der Waals surface area (Å²) in [7, 11) is -0.0382. The minimum absolute atomic E-state index is 0.161. The van der Waals surface area contributed by atoms with Crippen LogP contribution in [0.5, 0.6) is 17.4 Å². The number of hydrogen-bond donors (Lipinski definition) is 2. The fourth-order valence-corrected chi connectivity index (χ4v) is 6.86. The van der Waals surface area contributed by atoms with Crippen LogP contribution in [0.2, 0.25) is 0 Å². The Kier molecular flexibility index (Phi) is 11.2. The highest BCUT2D eigenvalue weighted by Gasteiger charge is 2.43. The Morgan fingerprint density at radius 3 is 1.98 bits per heavy atom. The van der Waals surface area contributed by atoms with E-state index >= 15 is 0 Å². The van der Waals surface area contributed by atoms with Crippen LogP contribution in [0, 0.1) is 5.92 Å². The second kappa shape index (κ2) is 16.1. The van der Waals surface area contributed by atoms with Gasteiger partial charge in [-0.2, -0.15) is 0 Å². The minimum atomic E-state index is -3.28. The van der Waals surface area contributed by atoms with Crippen LogP contribution in [0.15, 0.2) is 122 Å². The molecule has 6 rings (SSSR count). The van der Waals surface area contributed by atoms with Gasteiger partial charge < -0.3 is 33.7 Å². The molecule has 4 aromatic carbocycles. The van der Waals surface area contributed by atoms with Crippen LogP contribution < -0.4 is 19.5 Å². The zero-order valence-corrected chi connectivity index (χ0v) is 28.6. The summed E-state index contributed by atoms with van der Waals surface area (Å²) in [5.41, 5.74) is 2.02. The van der Waals surface area contributed by atoms with Crippen LogP contribution in [0.4, 0.5) is 5.82 Å². The van der Waals surface area contributed by atoms with Crippen LogP contribution in [-0.2, 0) is 19.4 Å². The molecule has 258 valence electrons. The van der Waals surface area contributed by atoms with E-state index in [-0.39, 0.29) is 30.1 Å². The maximum Gasteiger partial charge on any atom is 0.316 e. The van der Waals surface area contributed by atoms with Crippen molar-refractivity contribution in [2.24, 2.45) is 5.92 Å². The van der Waals surface area contributed by atoms with E-state index in [1.165, 1.54) is 6.33 Å². The van der Waals surface area contributed by atoms with E-state index in [2.05, 4.69) is 15.3 Å². The lowest BCUT2D eigenvalue weighted by Gasteiger charge is -2.37. The Labute approximate surface area is 291 Å². The summed E-state index contributed by atoms with van der Waals surface area (Å²) in [5, 5.41) is 2.76. The van der Waals surface area contributed by atoms with Crippen molar-refractivity contribution in [3.05, 3.63) is 144 Å². The molecule has 1 saturated carbocycles. The fraction of sp³-hybridized carbons (Fsp3) is 0.237. The SMILES string of the molecule is COc1ccc(C(OC[C@H]2C[C@@H](Oc3cc(NC(=O)c4ccccc4)ncn3)C[C@H]2O[PH](=O)O)(c2ccccc2)c2ccc(OC)cc2)cc1. The van der Waals surface area contributed by atoms with E-state index in [0.29, 0.717) is 29.9 Å². The number of nitrogens with one attached hydrogen (secondary N) is 1. The first-order valence-corrected chi connectivity index (χ1v) is 17.4. The Morgan fingerprint density at radius 1 is 0.820 bits per heavy atom. The van der Waals surface area contributed by atoms with Crippen molar-refractivity contribution in [2.45, 2.75) is 30.7 Å². The summed E-state index contributed by atoms with van der Waals surface area (Å²) >= 11 is 0. The first-order valence-electron chi connectivity index (χ1n) is 16.1. The van der Waals surface area contributed by atoms with E-state index in [0.717, 1.165) is 16.7 Å². The fourth-order valence-electron chi connectivity index (χ4n) is 6.31. The van der Waals surface area contributed by atoms with E-state index < -0.39 is 26.1 Å². The lowest BCUT2D eigenvalue weighted by molar-refractivity contribution is -0.0260. The third-order valence-corrected chi connectivity index (χ3v) is 9.24. The number of methoxy groups -OCH3 is 2. The highest BCUT2D eigenvalue weighted by Crippen LogP contribution is 2.44. The Bertz CT molecular complexity index is 1830. The highest BCUT2D eigenvalue weighted by atomic mass is 31.1. The standard InChI is InChI=1S/C38H38N3O8P/c1-45-31-17-13-29(14-18-31)38(28-11-7-4-8-12-28,30-15-19-32(46-2)20-16-30)47-24-27-21-33(22-34(27)49-50(43)44)48-36-23-35(39-25-40-36)41-37(42)26-9-5-3-6-10-26/h3-20,23,25,27,33-34,50H,21-22,24H2,1-2H3,(H,43,44)(H,39,40,41,42)/t27-,33-,34-/m1/s1. The highest BCUT2D eigenvalue weighted by molar-refractivity contribution is 7.32. The molecule has 0 spiro atoms. The molecule has 0 saturated heterocycles. The van der Waals surface area contributed by atoms with Gasteiger partial charge in [0.05, 0.1) is 26.9 Å². The molecule has 1 amide bonds. The molecule has 2 N–H and O–H groups in total. The van der Waals surface area contributed by atoms with Crippen LogP contribution in [0.1, 0.15) is 39.9 Å². The Balaban J connectivity index is 1.27. The van der Waals surface area contributed by atoms with Gasteiger partial charge in [-0.25, -0.2) is 9.97 Å². The third kappa shape index (κ3) is 8.04. The average molecular weight is 696 g/mol. The van der Waals surface area contributed by atoms with Gasteiger partial charge in [0.25, 0.3) is 5.91 Å². The Morgan fingerprint density at radius 2 is 1.40 bits per heavy atom. The minimum Gasteiger partial charge on any atom is -0.497 e. The maximum atomic E-state index is 12.7. The normalized spacial score (nSPS) is 17.9. The molecule has 0 bridgehead atoms. The number of nitrogens with zero attached hydrogens (tertiary/aromatic N) is 2. The molecule has 1 aliphatic carbocycles. The molecular formula is C38H38N3O8P. The van der Waals surface area contributed by atoms with Crippen molar-refractivity contribution in [3.8, 4) is 17.4 Å². The molecule has 5 aromatic rings. The van der Waals surface area contributed by atoms with Crippen LogP contribution >= 0.6 is 8.25 Å². The van der Waals surface area contributed by atoms with Gasteiger partial charge in [0, 0.05) is 24.0 Å². The quantitative estimate of drug-likeness (QED) is 0.0956. The molecule has 1 unspecified atom stereocenters. The summed E-state index contributed by atoms with van der Waals surface area (Å²) in [6.07, 6.45) is 1.03. The molecule has 12 heteroatoms.